The van der Waals surface area contributed by atoms with Gasteiger partial charge in [-0.25, -0.2) is 0 Å². The molecule has 0 heterocycles. The zero-order chi connectivity index (χ0) is 5.28. The van der Waals surface area contributed by atoms with E-state index in [9.17, 15) is 0 Å². The molecule has 0 aromatic carbocycles. The second kappa shape index (κ2) is 2.08. The number of hydrogen-bond acceptors (Lipinski definition) is 1. The van der Waals surface area contributed by atoms with Gasteiger partial charge in [-0.3, -0.25) is 0 Å². The van der Waals surface area contributed by atoms with Gasteiger partial charge in [0.2, 0.25) is 0 Å². The molecule has 0 nitrogen and oxygen atoms in total. The molecule has 0 radical (unpaired) electrons. The van der Waals surface area contributed by atoms with Crippen molar-refractivity contribution < 1.29 is 0 Å². The minimum atomic E-state index is 1.000. The molecule has 0 amide bonds. The van der Waals surface area contributed by atoms with Crippen LogP contribution in [0, 0.1) is 5.92 Å². The van der Waals surface area contributed by atoms with Gasteiger partial charge in [-0.05, 0) is 25.0 Å². The molecule has 0 bridgehead atoms. The van der Waals surface area contributed by atoms with Crippen LogP contribution >= 0.6 is 11.8 Å². The molecule has 0 saturated heterocycles. The number of rotatable bonds is 1. The fourth-order valence-corrected chi connectivity index (χ4v) is 1.96. The smallest absolute Gasteiger partial charge is 0.00700 e. The topological polar surface area (TPSA) is 0 Å². The maximum Gasteiger partial charge on any atom is 0.00700 e. The quantitative estimate of drug-likeness (QED) is 0.506. The van der Waals surface area contributed by atoms with Crippen LogP contribution in [-0.4, -0.2) is 11.5 Å². The fourth-order valence-electron chi connectivity index (χ4n) is 0.986. The summed E-state index contributed by atoms with van der Waals surface area (Å²) in [5.74, 6) is 1.01. The molecule has 0 N–H and O–H groups in total. The standard InChI is InChI=1S/C6H12S/c1-5-3-4-6(5)7-2/h5-6H,3-4H2,1-2H3. The molecule has 2 unspecified atom stereocenters. The lowest BCUT2D eigenvalue weighted by molar-refractivity contribution is 0.363. The van der Waals surface area contributed by atoms with E-state index in [1.165, 1.54) is 12.8 Å². The molecule has 42 valence electrons. The van der Waals surface area contributed by atoms with Crippen molar-refractivity contribution >= 4 is 11.8 Å². The molecular formula is C6H12S. The van der Waals surface area contributed by atoms with Gasteiger partial charge in [0.15, 0.2) is 0 Å². The molecule has 2 atom stereocenters. The van der Waals surface area contributed by atoms with Crippen molar-refractivity contribution in [3.8, 4) is 0 Å². The zero-order valence-corrected chi connectivity index (χ0v) is 5.79. The molecule has 1 rings (SSSR count). The van der Waals surface area contributed by atoms with E-state index in [2.05, 4.69) is 13.2 Å². The lowest BCUT2D eigenvalue weighted by Gasteiger charge is -2.31. The van der Waals surface area contributed by atoms with Crippen LogP contribution in [0.3, 0.4) is 0 Å². The molecule has 0 aliphatic heterocycles. The lowest BCUT2D eigenvalue weighted by atomic mass is 9.87. The summed E-state index contributed by atoms with van der Waals surface area (Å²) in [6, 6.07) is 0. The maximum atomic E-state index is 2.34. The SMILES string of the molecule is CSC1CCC1C. The minimum Gasteiger partial charge on any atom is -0.162 e. The van der Waals surface area contributed by atoms with Crippen molar-refractivity contribution in [3.63, 3.8) is 0 Å². The van der Waals surface area contributed by atoms with Crippen molar-refractivity contribution in [1.29, 1.82) is 0 Å². The Labute approximate surface area is 49.7 Å². The van der Waals surface area contributed by atoms with Gasteiger partial charge in [0.05, 0.1) is 0 Å². The van der Waals surface area contributed by atoms with E-state index in [1.807, 2.05) is 11.8 Å². The van der Waals surface area contributed by atoms with E-state index < -0.39 is 0 Å². The first-order valence-corrected chi connectivity index (χ1v) is 4.16. The van der Waals surface area contributed by atoms with Crippen molar-refractivity contribution in [2.75, 3.05) is 6.26 Å². The largest absolute Gasteiger partial charge is 0.162 e. The van der Waals surface area contributed by atoms with Crippen LogP contribution in [0.15, 0.2) is 0 Å². The molecule has 1 aliphatic rings. The van der Waals surface area contributed by atoms with E-state index >= 15 is 0 Å². The summed E-state index contributed by atoms with van der Waals surface area (Å²) in [4.78, 5) is 0. The lowest BCUT2D eigenvalue weighted by Crippen LogP contribution is -2.24. The number of hydrogen-bond donors (Lipinski definition) is 0. The molecule has 1 heteroatoms. The van der Waals surface area contributed by atoms with Crippen molar-refractivity contribution in [2.45, 2.75) is 25.0 Å². The highest BCUT2D eigenvalue weighted by molar-refractivity contribution is 7.99. The first-order valence-electron chi connectivity index (χ1n) is 2.87. The monoisotopic (exact) mass is 116 g/mol. The highest BCUT2D eigenvalue weighted by Crippen LogP contribution is 2.35. The second-order valence-corrected chi connectivity index (χ2v) is 3.41. The van der Waals surface area contributed by atoms with Gasteiger partial charge in [-0.15, -0.1) is 0 Å². The normalized spacial score (nSPS) is 40.3. The highest BCUT2D eigenvalue weighted by atomic mass is 32.2. The van der Waals surface area contributed by atoms with E-state index in [0.29, 0.717) is 0 Å². The van der Waals surface area contributed by atoms with Gasteiger partial charge < -0.3 is 0 Å². The summed E-state index contributed by atoms with van der Waals surface area (Å²) >= 11 is 2.02. The Balaban J connectivity index is 2.16. The van der Waals surface area contributed by atoms with Crippen LogP contribution in [0.5, 0.6) is 0 Å². The third kappa shape index (κ3) is 0.933. The Morgan fingerprint density at radius 3 is 2.14 bits per heavy atom. The molecule has 0 spiro atoms. The highest BCUT2D eigenvalue weighted by Gasteiger charge is 2.24. The van der Waals surface area contributed by atoms with E-state index in [1.54, 1.807) is 0 Å². The van der Waals surface area contributed by atoms with Gasteiger partial charge in [0.25, 0.3) is 0 Å². The van der Waals surface area contributed by atoms with E-state index in [-0.39, 0.29) is 0 Å². The maximum absolute atomic E-state index is 2.34. The average molecular weight is 116 g/mol. The van der Waals surface area contributed by atoms with Crippen LogP contribution in [0.1, 0.15) is 19.8 Å². The Morgan fingerprint density at radius 2 is 2.14 bits per heavy atom. The summed E-state index contributed by atoms with van der Waals surface area (Å²) in [6.45, 7) is 2.34. The third-order valence-corrected chi connectivity index (χ3v) is 3.15. The third-order valence-electron chi connectivity index (χ3n) is 1.84. The van der Waals surface area contributed by atoms with Crippen LogP contribution in [0.25, 0.3) is 0 Å². The van der Waals surface area contributed by atoms with Crippen LogP contribution in [0.2, 0.25) is 0 Å². The summed E-state index contributed by atoms with van der Waals surface area (Å²) < 4.78 is 0. The molecule has 1 saturated carbocycles. The predicted molar refractivity (Wildman–Crippen MR) is 35.7 cm³/mol. The van der Waals surface area contributed by atoms with Gasteiger partial charge in [-0.1, -0.05) is 6.92 Å². The van der Waals surface area contributed by atoms with Crippen LogP contribution < -0.4 is 0 Å². The van der Waals surface area contributed by atoms with Crippen molar-refractivity contribution in [3.05, 3.63) is 0 Å². The van der Waals surface area contributed by atoms with Gasteiger partial charge >= 0.3 is 0 Å². The molecule has 7 heavy (non-hydrogen) atoms. The van der Waals surface area contributed by atoms with Crippen molar-refractivity contribution in [2.24, 2.45) is 5.92 Å². The van der Waals surface area contributed by atoms with E-state index in [0.717, 1.165) is 11.2 Å². The van der Waals surface area contributed by atoms with E-state index in [4.69, 9.17) is 0 Å². The molecular weight excluding hydrogens is 104 g/mol. The summed E-state index contributed by atoms with van der Waals surface area (Å²) in [6.07, 6.45) is 5.13. The molecule has 0 aromatic heterocycles. The summed E-state index contributed by atoms with van der Waals surface area (Å²) in [7, 11) is 0. The van der Waals surface area contributed by atoms with Gasteiger partial charge in [-0.2, -0.15) is 11.8 Å². The van der Waals surface area contributed by atoms with Gasteiger partial charge in [0.1, 0.15) is 0 Å². The second-order valence-electron chi connectivity index (χ2n) is 2.33. The average Bonchev–Trinajstić information content (AvgIpc) is 1.65. The van der Waals surface area contributed by atoms with Gasteiger partial charge in [0, 0.05) is 5.25 Å². The zero-order valence-electron chi connectivity index (χ0n) is 4.98. The molecule has 1 fully saturated rings. The summed E-state index contributed by atoms with van der Waals surface area (Å²) in [5, 5.41) is 1.000. The minimum absolute atomic E-state index is 1.000. The molecule has 1 aliphatic carbocycles. The van der Waals surface area contributed by atoms with Crippen LogP contribution in [0.4, 0.5) is 0 Å². The first kappa shape index (κ1) is 5.49. The summed E-state index contributed by atoms with van der Waals surface area (Å²) in [5.41, 5.74) is 0. The first-order chi connectivity index (χ1) is 3.34. The van der Waals surface area contributed by atoms with Crippen molar-refractivity contribution in [1.82, 2.24) is 0 Å². The Hall–Kier alpha value is 0.350. The fraction of sp³-hybridized carbons (Fsp3) is 1.00. The Bertz CT molecular complexity index is 59.2. The number of thioether (sulfide) groups is 1. The molecule has 0 aromatic rings. The van der Waals surface area contributed by atoms with Crippen LogP contribution in [-0.2, 0) is 0 Å². The Kier molecular flexibility index (Phi) is 1.63. The predicted octanol–water partition coefficient (Wildman–Crippen LogP) is 2.15. The Morgan fingerprint density at radius 1 is 1.43 bits per heavy atom.